The van der Waals surface area contributed by atoms with Crippen LogP contribution in [0.5, 0.6) is 0 Å². The van der Waals surface area contributed by atoms with Crippen LogP contribution in [-0.2, 0) is 0 Å². The number of aromatic nitrogens is 1. The molecule has 18 heavy (non-hydrogen) atoms. The minimum absolute atomic E-state index is 0.620. The molecule has 0 saturated heterocycles. The quantitative estimate of drug-likeness (QED) is 0.887. The average molecular weight is 259 g/mol. The van der Waals surface area contributed by atoms with Gasteiger partial charge in [0.1, 0.15) is 0 Å². The topological polar surface area (TPSA) is 64.9 Å². The third kappa shape index (κ3) is 2.97. The van der Waals surface area contributed by atoms with E-state index in [4.69, 9.17) is 11.5 Å². The number of benzene rings is 1. The largest absolute Gasteiger partial charge is 0.375 e. The second kappa shape index (κ2) is 5.80. The molecule has 0 saturated carbocycles. The molecule has 4 N–H and O–H groups in total. The van der Waals surface area contributed by atoms with Gasteiger partial charge in [0.25, 0.3) is 0 Å². The van der Waals surface area contributed by atoms with Gasteiger partial charge in [0, 0.05) is 10.4 Å². The summed E-state index contributed by atoms with van der Waals surface area (Å²) in [5, 5.41) is 0.620. The van der Waals surface area contributed by atoms with Gasteiger partial charge >= 0.3 is 0 Å². The molecule has 0 bridgehead atoms. The lowest BCUT2D eigenvalue weighted by atomic mass is 10.1. The molecule has 0 aliphatic heterocycles. The second-order valence-electron chi connectivity index (χ2n) is 4.06. The van der Waals surface area contributed by atoms with Crippen LogP contribution in [0, 0.1) is 6.92 Å². The highest BCUT2D eigenvalue weighted by Crippen LogP contribution is 2.28. The molecule has 0 atom stereocenters. The monoisotopic (exact) mass is 259 g/mol. The van der Waals surface area contributed by atoms with Crippen molar-refractivity contribution in [3.05, 3.63) is 40.8 Å². The van der Waals surface area contributed by atoms with Crippen LogP contribution in [0.3, 0.4) is 0 Å². The fourth-order valence-corrected chi connectivity index (χ4v) is 2.46. The summed E-state index contributed by atoms with van der Waals surface area (Å²) in [5.41, 5.74) is 14.4. The van der Waals surface area contributed by atoms with Crippen molar-refractivity contribution in [3.8, 4) is 11.3 Å². The molecule has 0 radical (unpaired) electrons. The fourth-order valence-electron chi connectivity index (χ4n) is 1.75. The molecule has 0 fully saturated rings. The lowest BCUT2D eigenvalue weighted by molar-refractivity contribution is 1.01. The SMILES string of the molecule is Cc1sc(N)nc1-c1ccc(C=CCCN)cc1. The van der Waals surface area contributed by atoms with Crippen molar-refractivity contribution in [1.82, 2.24) is 4.98 Å². The summed E-state index contributed by atoms with van der Waals surface area (Å²) in [5.74, 6) is 0. The minimum atomic E-state index is 0.620. The molecule has 1 heterocycles. The molecule has 0 spiro atoms. The Hall–Kier alpha value is -1.65. The van der Waals surface area contributed by atoms with Crippen molar-refractivity contribution in [3.63, 3.8) is 0 Å². The summed E-state index contributed by atoms with van der Waals surface area (Å²) in [7, 11) is 0. The number of rotatable bonds is 4. The van der Waals surface area contributed by atoms with E-state index in [1.54, 1.807) is 0 Å². The van der Waals surface area contributed by atoms with Gasteiger partial charge < -0.3 is 11.5 Å². The Kier molecular flexibility index (Phi) is 4.12. The molecule has 0 amide bonds. The van der Waals surface area contributed by atoms with E-state index >= 15 is 0 Å². The standard InChI is InChI=1S/C14H17N3S/c1-10-13(17-14(16)18-10)12-7-5-11(6-8-12)4-2-3-9-15/h2,4-8H,3,9,15H2,1H3,(H2,16,17). The molecule has 0 unspecified atom stereocenters. The van der Waals surface area contributed by atoms with Gasteiger partial charge in [-0.25, -0.2) is 4.98 Å². The molecule has 4 heteroatoms. The Bertz CT molecular complexity index is 541. The van der Waals surface area contributed by atoms with Crippen LogP contribution in [0.2, 0.25) is 0 Å². The first kappa shape index (κ1) is 12.8. The van der Waals surface area contributed by atoms with Gasteiger partial charge in [-0.2, -0.15) is 0 Å². The number of aryl methyl sites for hydroxylation is 1. The van der Waals surface area contributed by atoms with Crippen molar-refractivity contribution in [2.24, 2.45) is 5.73 Å². The maximum atomic E-state index is 5.71. The highest BCUT2D eigenvalue weighted by atomic mass is 32.1. The first-order chi connectivity index (χ1) is 8.70. The molecule has 0 aliphatic rings. The zero-order chi connectivity index (χ0) is 13.0. The Labute approximate surface area is 111 Å². The van der Waals surface area contributed by atoms with Crippen molar-refractivity contribution < 1.29 is 0 Å². The van der Waals surface area contributed by atoms with E-state index in [0.717, 1.165) is 22.6 Å². The molecule has 0 aliphatic carbocycles. The third-order valence-electron chi connectivity index (χ3n) is 2.64. The minimum Gasteiger partial charge on any atom is -0.375 e. The van der Waals surface area contributed by atoms with Crippen LogP contribution >= 0.6 is 11.3 Å². The van der Waals surface area contributed by atoms with Gasteiger partial charge in [0.15, 0.2) is 5.13 Å². The van der Waals surface area contributed by atoms with Crippen molar-refractivity contribution in [2.75, 3.05) is 12.3 Å². The highest BCUT2D eigenvalue weighted by molar-refractivity contribution is 7.15. The second-order valence-corrected chi connectivity index (χ2v) is 5.29. The number of hydrogen-bond acceptors (Lipinski definition) is 4. The van der Waals surface area contributed by atoms with Gasteiger partial charge in [-0.3, -0.25) is 0 Å². The Morgan fingerprint density at radius 1 is 1.28 bits per heavy atom. The number of hydrogen-bond donors (Lipinski definition) is 2. The summed E-state index contributed by atoms with van der Waals surface area (Å²) in [4.78, 5) is 5.50. The Balaban J connectivity index is 2.19. The van der Waals surface area contributed by atoms with Gasteiger partial charge in [0.05, 0.1) is 5.69 Å². The molecule has 1 aromatic heterocycles. The highest BCUT2D eigenvalue weighted by Gasteiger charge is 2.07. The maximum absolute atomic E-state index is 5.71. The van der Waals surface area contributed by atoms with Crippen molar-refractivity contribution in [1.29, 1.82) is 0 Å². The number of anilines is 1. The van der Waals surface area contributed by atoms with E-state index in [1.807, 2.05) is 6.92 Å². The van der Waals surface area contributed by atoms with E-state index in [2.05, 4.69) is 41.4 Å². The third-order valence-corrected chi connectivity index (χ3v) is 3.44. The predicted octanol–water partition coefficient (Wildman–Crippen LogP) is 3.06. The number of thiazole rings is 1. The van der Waals surface area contributed by atoms with Crippen molar-refractivity contribution in [2.45, 2.75) is 13.3 Å². The Morgan fingerprint density at radius 2 is 2.00 bits per heavy atom. The van der Waals surface area contributed by atoms with E-state index < -0.39 is 0 Å². The van der Waals surface area contributed by atoms with Gasteiger partial charge in [0.2, 0.25) is 0 Å². The van der Waals surface area contributed by atoms with Crippen LogP contribution in [0.15, 0.2) is 30.3 Å². The number of nitrogens with zero attached hydrogens (tertiary/aromatic N) is 1. The maximum Gasteiger partial charge on any atom is 0.180 e. The summed E-state index contributed by atoms with van der Waals surface area (Å²) in [6.45, 7) is 2.73. The zero-order valence-electron chi connectivity index (χ0n) is 10.4. The van der Waals surface area contributed by atoms with Gasteiger partial charge in [-0.1, -0.05) is 36.4 Å². The smallest absolute Gasteiger partial charge is 0.180 e. The molecule has 2 rings (SSSR count). The summed E-state index contributed by atoms with van der Waals surface area (Å²) < 4.78 is 0. The van der Waals surface area contributed by atoms with Crippen LogP contribution in [0.4, 0.5) is 5.13 Å². The van der Waals surface area contributed by atoms with E-state index in [-0.39, 0.29) is 0 Å². The lowest BCUT2D eigenvalue weighted by Crippen LogP contribution is -1.94. The molecular weight excluding hydrogens is 242 g/mol. The summed E-state index contributed by atoms with van der Waals surface area (Å²) >= 11 is 1.52. The molecular formula is C14H17N3S. The van der Waals surface area contributed by atoms with Gasteiger partial charge in [-0.05, 0) is 25.5 Å². The van der Waals surface area contributed by atoms with Gasteiger partial charge in [-0.15, -0.1) is 11.3 Å². The number of nitrogen functional groups attached to an aromatic ring is 1. The Morgan fingerprint density at radius 3 is 2.56 bits per heavy atom. The predicted molar refractivity (Wildman–Crippen MR) is 79.4 cm³/mol. The first-order valence-corrected chi connectivity index (χ1v) is 6.72. The summed E-state index contributed by atoms with van der Waals surface area (Å²) in [6.07, 6.45) is 5.07. The van der Waals surface area contributed by atoms with Crippen LogP contribution in [-0.4, -0.2) is 11.5 Å². The van der Waals surface area contributed by atoms with Crippen LogP contribution in [0.1, 0.15) is 16.9 Å². The first-order valence-electron chi connectivity index (χ1n) is 5.90. The lowest BCUT2D eigenvalue weighted by Gasteiger charge is -1.99. The molecule has 94 valence electrons. The van der Waals surface area contributed by atoms with E-state index in [1.165, 1.54) is 16.9 Å². The van der Waals surface area contributed by atoms with Crippen molar-refractivity contribution >= 4 is 22.5 Å². The van der Waals surface area contributed by atoms with Crippen LogP contribution in [0.25, 0.3) is 17.3 Å². The molecule has 3 nitrogen and oxygen atoms in total. The summed E-state index contributed by atoms with van der Waals surface area (Å²) in [6, 6.07) is 8.31. The van der Waals surface area contributed by atoms with Crippen LogP contribution < -0.4 is 11.5 Å². The van der Waals surface area contributed by atoms with E-state index in [0.29, 0.717) is 11.7 Å². The zero-order valence-corrected chi connectivity index (χ0v) is 11.2. The van der Waals surface area contributed by atoms with E-state index in [9.17, 15) is 0 Å². The normalized spacial score (nSPS) is 11.2. The average Bonchev–Trinajstić information content (AvgIpc) is 2.70. The fraction of sp³-hybridized carbons (Fsp3) is 0.214. The molecule has 2 aromatic rings. The molecule has 1 aromatic carbocycles. The number of nitrogens with two attached hydrogens (primary N) is 2.